The summed E-state index contributed by atoms with van der Waals surface area (Å²) in [5.41, 5.74) is 2.95. The van der Waals surface area contributed by atoms with Gasteiger partial charge in [0.05, 0.1) is 6.61 Å². The first-order valence-corrected chi connectivity index (χ1v) is 10.5. The first-order chi connectivity index (χ1) is 14.5. The summed E-state index contributed by atoms with van der Waals surface area (Å²) < 4.78 is 22.7. The molecule has 3 aromatic rings. The van der Waals surface area contributed by atoms with Gasteiger partial charge in [-0.3, -0.25) is 4.79 Å². The van der Waals surface area contributed by atoms with E-state index in [0.29, 0.717) is 31.8 Å². The quantitative estimate of drug-likeness (QED) is 0.528. The highest BCUT2D eigenvalue weighted by Gasteiger charge is 2.15. The number of aromatic nitrogens is 2. The highest BCUT2D eigenvalue weighted by molar-refractivity contribution is 7.09. The maximum Gasteiger partial charge on any atom is 0.226 e. The largest absolute Gasteiger partial charge is 0.383 e. The van der Waals surface area contributed by atoms with E-state index in [0.717, 1.165) is 16.5 Å². The maximum atomic E-state index is 13.0. The lowest BCUT2D eigenvalue weighted by molar-refractivity contribution is -0.116. The molecule has 0 radical (unpaired) electrons. The average molecular weight is 429 g/mol. The molecule has 0 atom stereocenters. The van der Waals surface area contributed by atoms with Crippen molar-refractivity contribution in [3.8, 4) is 0 Å². The third kappa shape index (κ3) is 6.60. The summed E-state index contributed by atoms with van der Waals surface area (Å²) in [7, 11) is 1.64. The van der Waals surface area contributed by atoms with Gasteiger partial charge in [0.1, 0.15) is 11.6 Å². The third-order valence-corrected chi connectivity index (χ3v) is 5.33. The lowest BCUT2D eigenvalue weighted by Crippen LogP contribution is -2.30. The number of carbonyl (C=O) groups is 1. The number of aryl methyl sites for hydroxylation is 1. The number of rotatable bonds is 10. The van der Waals surface area contributed by atoms with Crippen LogP contribution in [0.15, 0.2) is 48.5 Å². The van der Waals surface area contributed by atoms with E-state index in [1.165, 1.54) is 41.4 Å². The van der Waals surface area contributed by atoms with E-state index in [-0.39, 0.29) is 18.1 Å². The number of hydrogen-bond donors (Lipinski definition) is 1. The van der Waals surface area contributed by atoms with Gasteiger partial charge in [-0.05, 0) is 36.8 Å². The minimum absolute atomic E-state index is 0.145. The van der Waals surface area contributed by atoms with E-state index in [1.54, 1.807) is 7.11 Å². The summed E-state index contributed by atoms with van der Waals surface area (Å²) in [4.78, 5) is 18.9. The average Bonchev–Trinajstić information content (AvgIpc) is 3.20. The summed E-state index contributed by atoms with van der Waals surface area (Å²) in [5, 5.41) is 3.55. The summed E-state index contributed by atoms with van der Waals surface area (Å²) in [5.74, 6) is 0.280. The predicted molar refractivity (Wildman–Crippen MR) is 118 cm³/mol. The fourth-order valence-electron chi connectivity index (χ4n) is 2.83. The molecule has 0 fully saturated rings. The molecule has 0 aliphatic carbocycles. The van der Waals surface area contributed by atoms with Crippen molar-refractivity contribution in [2.75, 3.05) is 37.0 Å². The molecule has 30 heavy (non-hydrogen) atoms. The van der Waals surface area contributed by atoms with Crippen LogP contribution in [0.3, 0.4) is 0 Å². The standard InChI is InChI=1S/C22H25FN4O2S/c1-16-3-5-17(6-4-16)15-20-25-22(30-26-20)27(13-14-29-2)12-11-21(28)24-19-9-7-18(23)8-10-19/h3-10H,11-15H2,1-2H3,(H,24,28). The topological polar surface area (TPSA) is 67.3 Å². The predicted octanol–water partition coefficient (Wildman–Crippen LogP) is 4.06. The number of halogens is 1. The number of amides is 1. The van der Waals surface area contributed by atoms with Crippen LogP contribution in [-0.4, -0.2) is 42.1 Å². The molecule has 1 heterocycles. The van der Waals surface area contributed by atoms with Gasteiger partial charge in [-0.2, -0.15) is 4.37 Å². The Morgan fingerprint density at radius 1 is 1.13 bits per heavy atom. The number of anilines is 2. The number of nitrogens with one attached hydrogen (secondary N) is 1. The van der Waals surface area contributed by atoms with Crippen LogP contribution in [0.2, 0.25) is 0 Å². The summed E-state index contributed by atoms with van der Waals surface area (Å²) in [6.45, 7) is 3.67. The molecule has 0 spiro atoms. The van der Waals surface area contributed by atoms with Gasteiger partial charge in [-0.15, -0.1) is 0 Å². The summed E-state index contributed by atoms with van der Waals surface area (Å²) in [6.07, 6.45) is 0.938. The third-order valence-electron chi connectivity index (χ3n) is 4.51. The van der Waals surface area contributed by atoms with Crippen molar-refractivity contribution in [2.45, 2.75) is 19.8 Å². The van der Waals surface area contributed by atoms with Gasteiger partial charge in [0, 0.05) is 50.3 Å². The van der Waals surface area contributed by atoms with E-state index in [9.17, 15) is 9.18 Å². The Kier molecular flexibility index (Phi) is 7.87. The highest BCUT2D eigenvalue weighted by Crippen LogP contribution is 2.20. The molecule has 0 aliphatic rings. The second-order valence-electron chi connectivity index (χ2n) is 6.94. The first-order valence-electron chi connectivity index (χ1n) is 9.71. The van der Waals surface area contributed by atoms with Crippen LogP contribution < -0.4 is 10.2 Å². The SMILES string of the molecule is COCCN(CCC(=O)Nc1ccc(F)cc1)c1nc(Cc2ccc(C)cc2)ns1. The van der Waals surface area contributed by atoms with Crippen LogP contribution in [0.5, 0.6) is 0 Å². The highest BCUT2D eigenvalue weighted by atomic mass is 32.1. The van der Waals surface area contributed by atoms with Gasteiger partial charge in [-0.25, -0.2) is 9.37 Å². The van der Waals surface area contributed by atoms with Crippen LogP contribution in [0.25, 0.3) is 0 Å². The van der Waals surface area contributed by atoms with Crippen molar-refractivity contribution in [3.63, 3.8) is 0 Å². The van der Waals surface area contributed by atoms with Gasteiger partial charge in [0.25, 0.3) is 0 Å². The van der Waals surface area contributed by atoms with Crippen molar-refractivity contribution in [1.82, 2.24) is 9.36 Å². The Hall–Kier alpha value is -2.84. The maximum absolute atomic E-state index is 13.0. The molecule has 6 nitrogen and oxygen atoms in total. The molecule has 1 N–H and O–H groups in total. The number of benzene rings is 2. The second kappa shape index (κ2) is 10.8. The molecule has 0 unspecified atom stereocenters. The molecule has 0 bridgehead atoms. The minimum Gasteiger partial charge on any atom is -0.383 e. The van der Waals surface area contributed by atoms with Gasteiger partial charge in [-0.1, -0.05) is 29.8 Å². The molecule has 0 aliphatic heterocycles. The number of carbonyl (C=O) groups excluding carboxylic acids is 1. The normalized spacial score (nSPS) is 10.8. The van der Waals surface area contributed by atoms with Crippen LogP contribution in [0.4, 0.5) is 15.2 Å². The molecule has 3 rings (SSSR count). The van der Waals surface area contributed by atoms with Crippen molar-refractivity contribution in [1.29, 1.82) is 0 Å². The molecular formula is C22H25FN4O2S. The van der Waals surface area contributed by atoms with E-state index >= 15 is 0 Å². The van der Waals surface area contributed by atoms with Crippen LogP contribution in [0.1, 0.15) is 23.4 Å². The van der Waals surface area contributed by atoms with Crippen molar-refractivity contribution >= 4 is 28.3 Å². The second-order valence-corrected chi connectivity index (χ2v) is 7.67. The molecular weight excluding hydrogens is 403 g/mol. The zero-order chi connectivity index (χ0) is 21.3. The monoisotopic (exact) mass is 428 g/mol. The number of methoxy groups -OCH3 is 1. The zero-order valence-electron chi connectivity index (χ0n) is 17.1. The van der Waals surface area contributed by atoms with Gasteiger partial charge in [0.2, 0.25) is 11.0 Å². The first kappa shape index (κ1) is 21.9. The van der Waals surface area contributed by atoms with E-state index in [2.05, 4.69) is 45.9 Å². The Morgan fingerprint density at radius 2 is 1.87 bits per heavy atom. The van der Waals surface area contributed by atoms with Crippen LogP contribution in [0, 0.1) is 12.7 Å². The number of ether oxygens (including phenoxy) is 1. The molecule has 0 saturated heterocycles. The minimum atomic E-state index is -0.337. The Balaban J connectivity index is 1.59. The van der Waals surface area contributed by atoms with E-state index in [4.69, 9.17) is 4.74 Å². The van der Waals surface area contributed by atoms with Crippen molar-refractivity contribution in [3.05, 3.63) is 71.3 Å². The Bertz CT molecular complexity index is 945. The fraction of sp³-hybridized carbons (Fsp3) is 0.318. The molecule has 0 saturated carbocycles. The molecule has 158 valence electrons. The summed E-state index contributed by atoms with van der Waals surface area (Å²) >= 11 is 1.32. The van der Waals surface area contributed by atoms with Crippen LogP contribution >= 0.6 is 11.5 Å². The molecule has 1 aromatic heterocycles. The van der Waals surface area contributed by atoms with Gasteiger partial charge < -0.3 is 15.0 Å². The number of nitrogens with zero attached hydrogens (tertiary/aromatic N) is 3. The lowest BCUT2D eigenvalue weighted by Gasteiger charge is -2.20. The molecule has 8 heteroatoms. The lowest BCUT2D eigenvalue weighted by atomic mass is 10.1. The van der Waals surface area contributed by atoms with Crippen molar-refractivity contribution in [2.24, 2.45) is 0 Å². The Labute approximate surface area is 179 Å². The van der Waals surface area contributed by atoms with Crippen LogP contribution in [-0.2, 0) is 16.0 Å². The summed E-state index contributed by atoms with van der Waals surface area (Å²) in [6, 6.07) is 14.0. The van der Waals surface area contributed by atoms with Crippen molar-refractivity contribution < 1.29 is 13.9 Å². The molecule has 1 amide bonds. The Morgan fingerprint density at radius 3 is 2.57 bits per heavy atom. The zero-order valence-corrected chi connectivity index (χ0v) is 17.9. The fourth-order valence-corrected chi connectivity index (χ4v) is 3.57. The van der Waals surface area contributed by atoms with Gasteiger partial charge in [0.15, 0.2) is 0 Å². The van der Waals surface area contributed by atoms with Gasteiger partial charge >= 0.3 is 0 Å². The smallest absolute Gasteiger partial charge is 0.226 e. The van der Waals surface area contributed by atoms with E-state index in [1.807, 2.05) is 4.90 Å². The number of hydrogen-bond acceptors (Lipinski definition) is 6. The molecule has 2 aromatic carbocycles. The van der Waals surface area contributed by atoms with E-state index < -0.39 is 0 Å².